The molecule has 24 atom stereocenters. The molecule has 0 bridgehead atoms. The molecule has 0 radical (unpaired) electrons. The summed E-state index contributed by atoms with van der Waals surface area (Å²) >= 11 is 0. The number of aliphatic carboxylic acids is 1. The van der Waals surface area contributed by atoms with Gasteiger partial charge in [0.05, 0.1) is 33.0 Å². The highest BCUT2D eigenvalue weighted by atomic mass is 16.8. The molecule has 334 valence electrons. The summed E-state index contributed by atoms with van der Waals surface area (Å²) in [7, 11) is 0. The monoisotopic (exact) mass is 844 g/mol. The minimum Gasteiger partial charge on any atom is -0.479 e. The molecule has 0 aromatic rings. The van der Waals surface area contributed by atoms with Gasteiger partial charge in [-0.2, -0.15) is 0 Å². The summed E-state index contributed by atoms with van der Waals surface area (Å²) in [6.07, 6.45) is -47.4. The lowest BCUT2D eigenvalue weighted by Crippen LogP contribution is -2.67. The number of aliphatic hydroxyl groups is 17. The van der Waals surface area contributed by atoms with Crippen LogP contribution in [0.5, 0.6) is 0 Å². The van der Waals surface area contributed by atoms with Crippen molar-refractivity contribution in [3.63, 3.8) is 0 Å². The second kappa shape index (κ2) is 20.8. The topological polar surface area (TPSA) is 455 Å². The highest BCUT2D eigenvalue weighted by molar-refractivity contribution is 5.72. The normalized spacial score (nSPS) is 46.5. The van der Waals surface area contributed by atoms with E-state index in [2.05, 4.69) is 0 Å². The van der Waals surface area contributed by atoms with Gasteiger partial charge >= 0.3 is 5.97 Å². The Hall–Kier alpha value is -1.53. The molecular weight excluding hydrogens is 792 g/mol. The largest absolute Gasteiger partial charge is 0.479 e. The molecule has 27 heteroatoms. The number of hydrogen-bond donors (Lipinski definition) is 18. The van der Waals surface area contributed by atoms with Crippen LogP contribution in [0.2, 0.25) is 0 Å². The second-order valence-electron chi connectivity index (χ2n) is 13.7. The quantitative estimate of drug-likeness (QED) is 0.0646. The standard InChI is InChI=1S/C30H52O27/c31-1-6(36)22(13(39)17(43)26(48)49)54-28-19(45)14(40)24(8(3-33)51-28)56-30-21(47)16(42)25(10(5-35)53-30)57-29-20(46)15(41)23(9(4-34)52-29)55-27-18(44)12(38)11(37)7(2-32)50-27/h6-25,27-47H,1-5H2,(H,48,49)/t6-,7-,8-,9-,10-,11-,12+,13-,14-,15-,16-,17-,18-,19-,20-,21-,22-,23-,24-,25-,27-,28-,29-,30-/m1/s1. The van der Waals surface area contributed by atoms with Crippen LogP contribution in [0.1, 0.15) is 0 Å². The smallest absolute Gasteiger partial charge is 0.335 e. The first-order valence-electron chi connectivity index (χ1n) is 17.5. The number of carboxylic acids is 1. The van der Waals surface area contributed by atoms with Gasteiger partial charge in [-0.3, -0.25) is 0 Å². The number of ether oxygens (including phenoxy) is 8. The Morgan fingerprint density at radius 3 is 1.16 bits per heavy atom. The van der Waals surface area contributed by atoms with Gasteiger partial charge in [0.25, 0.3) is 0 Å². The molecule has 4 aliphatic heterocycles. The van der Waals surface area contributed by atoms with Crippen molar-refractivity contribution in [3.05, 3.63) is 0 Å². The maximum absolute atomic E-state index is 11.2. The van der Waals surface area contributed by atoms with E-state index in [1.165, 1.54) is 0 Å². The molecule has 0 saturated carbocycles. The molecule has 4 heterocycles. The van der Waals surface area contributed by atoms with Crippen molar-refractivity contribution in [2.75, 3.05) is 33.0 Å². The summed E-state index contributed by atoms with van der Waals surface area (Å²) < 4.78 is 43.5. The molecular formula is C30H52O27. The van der Waals surface area contributed by atoms with E-state index in [4.69, 9.17) is 43.0 Å². The van der Waals surface area contributed by atoms with Gasteiger partial charge in [-0.15, -0.1) is 0 Å². The first-order chi connectivity index (χ1) is 26.9. The molecule has 0 amide bonds. The van der Waals surface area contributed by atoms with Gasteiger partial charge in [-0.1, -0.05) is 0 Å². The van der Waals surface area contributed by atoms with Crippen LogP contribution in [0.15, 0.2) is 0 Å². The fourth-order valence-corrected chi connectivity index (χ4v) is 6.63. The van der Waals surface area contributed by atoms with Crippen molar-refractivity contribution in [1.29, 1.82) is 0 Å². The molecule has 4 rings (SSSR count). The van der Waals surface area contributed by atoms with E-state index in [1.54, 1.807) is 0 Å². The van der Waals surface area contributed by atoms with Crippen LogP contribution in [0.25, 0.3) is 0 Å². The van der Waals surface area contributed by atoms with E-state index in [0.29, 0.717) is 0 Å². The van der Waals surface area contributed by atoms with E-state index in [9.17, 15) is 91.6 Å². The molecule has 4 fully saturated rings. The zero-order valence-electron chi connectivity index (χ0n) is 29.6. The summed E-state index contributed by atoms with van der Waals surface area (Å²) in [5.74, 6) is -1.96. The zero-order chi connectivity index (χ0) is 42.6. The Labute approximate surface area is 321 Å². The van der Waals surface area contributed by atoms with Crippen LogP contribution >= 0.6 is 0 Å². The molecule has 4 aliphatic rings. The highest BCUT2D eigenvalue weighted by Gasteiger charge is 2.55. The number of aliphatic hydroxyl groups excluding tert-OH is 17. The van der Waals surface area contributed by atoms with Crippen LogP contribution in [-0.2, 0) is 42.7 Å². The summed E-state index contributed by atoms with van der Waals surface area (Å²) in [5, 5.41) is 184. The third kappa shape index (κ3) is 10.3. The lowest BCUT2D eigenvalue weighted by molar-refractivity contribution is -0.390. The molecule has 0 spiro atoms. The van der Waals surface area contributed by atoms with Crippen molar-refractivity contribution in [2.45, 2.75) is 147 Å². The van der Waals surface area contributed by atoms with E-state index in [-0.39, 0.29) is 0 Å². The lowest BCUT2D eigenvalue weighted by atomic mass is 9.95. The Morgan fingerprint density at radius 2 is 0.807 bits per heavy atom. The van der Waals surface area contributed by atoms with Gasteiger partial charge in [0.1, 0.15) is 116 Å². The minimum atomic E-state index is -2.57. The predicted molar refractivity (Wildman–Crippen MR) is 169 cm³/mol. The number of carbonyl (C=O) groups is 1. The van der Waals surface area contributed by atoms with Crippen LogP contribution in [-0.4, -0.2) is 278 Å². The first-order valence-corrected chi connectivity index (χ1v) is 17.5. The van der Waals surface area contributed by atoms with Crippen molar-refractivity contribution in [2.24, 2.45) is 0 Å². The molecule has 57 heavy (non-hydrogen) atoms. The van der Waals surface area contributed by atoms with Crippen molar-refractivity contribution >= 4 is 5.97 Å². The summed E-state index contributed by atoms with van der Waals surface area (Å²) in [4.78, 5) is 11.2. The van der Waals surface area contributed by atoms with Gasteiger partial charge < -0.3 is 130 Å². The molecule has 0 unspecified atom stereocenters. The van der Waals surface area contributed by atoms with Gasteiger partial charge in [0, 0.05) is 0 Å². The maximum atomic E-state index is 11.2. The molecule has 0 aromatic carbocycles. The third-order valence-electron chi connectivity index (χ3n) is 9.95. The van der Waals surface area contributed by atoms with Crippen molar-refractivity contribution in [3.8, 4) is 0 Å². The molecule has 4 saturated heterocycles. The Morgan fingerprint density at radius 1 is 0.474 bits per heavy atom. The first kappa shape index (κ1) is 48.1. The molecule has 0 aliphatic carbocycles. The van der Waals surface area contributed by atoms with Gasteiger partial charge in [0.15, 0.2) is 31.3 Å². The fourth-order valence-electron chi connectivity index (χ4n) is 6.63. The number of rotatable bonds is 17. The SMILES string of the molecule is O=C(O)[C@H](O)[C@@H](O)[C@H](O[C@H]1O[C@H](CO)[C@@H](O[C@H]2O[C@H](CO)[C@@H](O[C@H]3O[C@H](CO)[C@@H](O[C@H]4O[C@H](CO)[C@@H](O)[C@H](O)[C@H]4O)[C@H](O)[C@H]3O)[C@H](O)[C@H]2O)[C@H](O)[C@H]1O)[C@H](O)CO. The third-order valence-corrected chi connectivity index (χ3v) is 9.95. The second-order valence-corrected chi connectivity index (χ2v) is 13.7. The molecule has 0 aromatic heterocycles. The van der Waals surface area contributed by atoms with E-state index >= 15 is 0 Å². The summed E-state index contributed by atoms with van der Waals surface area (Å²) in [6.45, 7) is -5.00. The summed E-state index contributed by atoms with van der Waals surface area (Å²) in [6, 6.07) is 0. The highest BCUT2D eigenvalue weighted by Crippen LogP contribution is 2.35. The number of carboxylic acid groups (broad SMARTS) is 1. The lowest BCUT2D eigenvalue weighted by Gasteiger charge is -2.49. The Balaban J connectivity index is 1.43. The van der Waals surface area contributed by atoms with E-state index in [0.717, 1.165) is 0 Å². The maximum Gasteiger partial charge on any atom is 0.335 e. The zero-order valence-corrected chi connectivity index (χ0v) is 29.6. The Bertz CT molecular complexity index is 1230. The van der Waals surface area contributed by atoms with Crippen LogP contribution < -0.4 is 0 Å². The predicted octanol–water partition coefficient (Wildman–Crippen LogP) is -12.2. The van der Waals surface area contributed by atoms with E-state index in [1.807, 2.05) is 0 Å². The van der Waals surface area contributed by atoms with Gasteiger partial charge in [0.2, 0.25) is 0 Å². The van der Waals surface area contributed by atoms with Gasteiger partial charge in [-0.05, 0) is 0 Å². The van der Waals surface area contributed by atoms with Crippen molar-refractivity contribution in [1.82, 2.24) is 0 Å². The number of hydrogen-bond acceptors (Lipinski definition) is 26. The van der Waals surface area contributed by atoms with Crippen LogP contribution in [0, 0.1) is 0 Å². The van der Waals surface area contributed by atoms with Crippen molar-refractivity contribution < 1.29 is 135 Å². The molecule has 18 N–H and O–H groups in total. The minimum absolute atomic E-state index is 0.825. The van der Waals surface area contributed by atoms with Gasteiger partial charge in [-0.25, -0.2) is 4.79 Å². The van der Waals surface area contributed by atoms with E-state index < -0.39 is 186 Å². The fraction of sp³-hybridized carbons (Fsp3) is 0.967. The average Bonchev–Trinajstić information content (AvgIpc) is 3.20. The average molecular weight is 845 g/mol. The van der Waals surface area contributed by atoms with Crippen LogP contribution in [0.3, 0.4) is 0 Å². The summed E-state index contributed by atoms with van der Waals surface area (Å²) in [5.41, 5.74) is 0. The Kier molecular flexibility index (Phi) is 17.6. The van der Waals surface area contributed by atoms with Crippen LogP contribution in [0.4, 0.5) is 0 Å². The molecule has 27 nitrogen and oxygen atoms in total.